The summed E-state index contributed by atoms with van der Waals surface area (Å²) in [5.74, 6) is 0.710. The van der Waals surface area contributed by atoms with Crippen LogP contribution < -0.4 is 14.8 Å². The Bertz CT molecular complexity index is 931. The van der Waals surface area contributed by atoms with Crippen LogP contribution in [0.5, 0.6) is 11.5 Å². The lowest BCUT2D eigenvalue weighted by Gasteiger charge is -2.31. The molecule has 30 heavy (non-hydrogen) atoms. The van der Waals surface area contributed by atoms with Crippen LogP contribution in [-0.2, 0) is 4.79 Å². The van der Waals surface area contributed by atoms with Crippen molar-refractivity contribution in [1.82, 2.24) is 10.2 Å². The maximum absolute atomic E-state index is 12.4. The number of benzene rings is 1. The third kappa shape index (κ3) is 5.33. The van der Waals surface area contributed by atoms with Crippen molar-refractivity contribution in [1.29, 1.82) is 5.26 Å². The molecule has 0 unspecified atom stereocenters. The summed E-state index contributed by atoms with van der Waals surface area (Å²) in [6.07, 6.45) is 2.79. The first kappa shape index (κ1) is 21.7. The molecule has 1 N–H and O–H groups in total. The van der Waals surface area contributed by atoms with Crippen molar-refractivity contribution in [2.45, 2.75) is 25.8 Å². The standard InChI is InChI=1S/C21H22BrN3O5/c1-2-28-18-11-14(12-23)10-16(22)20(18)30-13-19(26)24-15-5-7-25(8-6-15)21(27)17-4-3-9-29-17/h3-4,9-11,15H,2,5-8,13H2,1H3,(H,24,26). The molecule has 0 radical (unpaired) electrons. The molecule has 8 nitrogen and oxygen atoms in total. The summed E-state index contributed by atoms with van der Waals surface area (Å²) in [5.41, 5.74) is 0.429. The molecule has 2 aromatic rings. The first-order valence-electron chi connectivity index (χ1n) is 9.63. The molecule has 0 bridgehead atoms. The number of rotatable bonds is 7. The molecule has 1 aliphatic rings. The predicted molar refractivity (Wildman–Crippen MR) is 111 cm³/mol. The summed E-state index contributed by atoms with van der Waals surface area (Å²) in [6.45, 7) is 3.13. The lowest BCUT2D eigenvalue weighted by Crippen LogP contribution is -2.47. The number of hydrogen-bond donors (Lipinski definition) is 1. The Morgan fingerprint density at radius 3 is 2.73 bits per heavy atom. The normalized spacial score (nSPS) is 14.1. The van der Waals surface area contributed by atoms with Crippen molar-refractivity contribution >= 4 is 27.7 Å². The lowest BCUT2D eigenvalue weighted by atomic mass is 10.0. The van der Waals surface area contributed by atoms with Gasteiger partial charge >= 0.3 is 0 Å². The highest BCUT2D eigenvalue weighted by Gasteiger charge is 2.26. The third-order valence-electron chi connectivity index (χ3n) is 4.67. The number of furan rings is 1. The van der Waals surface area contributed by atoms with Crippen molar-refractivity contribution in [2.75, 3.05) is 26.3 Å². The Labute approximate surface area is 182 Å². The Morgan fingerprint density at radius 2 is 2.10 bits per heavy atom. The van der Waals surface area contributed by atoms with Crippen molar-refractivity contribution < 1.29 is 23.5 Å². The molecule has 2 heterocycles. The zero-order chi connectivity index (χ0) is 21.5. The fraction of sp³-hybridized carbons (Fsp3) is 0.381. The third-order valence-corrected chi connectivity index (χ3v) is 5.25. The van der Waals surface area contributed by atoms with Gasteiger partial charge in [-0.05, 0) is 53.9 Å². The zero-order valence-electron chi connectivity index (χ0n) is 16.5. The van der Waals surface area contributed by atoms with E-state index in [9.17, 15) is 9.59 Å². The molecule has 1 aromatic carbocycles. The number of carbonyl (C=O) groups is 2. The van der Waals surface area contributed by atoms with Crippen molar-refractivity contribution in [3.8, 4) is 17.6 Å². The number of halogens is 1. The average molecular weight is 476 g/mol. The van der Waals surface area contributed by atoms with Gasteiger partial charge in [-0.3, -0.25) is 9.59 Å². The largest absolute Gasteiger partial charge is 0.490 e. The van der Waals surface area contributed by atoms with E-state index >= 15 is 0 Å². The van der Waals surface area contributed by atoms with Gasteiger partial charge in [-0.25, -0.2) is 0 Å². The summed E-state index contributed by atoms with van der Waals surface area (Å²) in [4.78, 5) is 26.4. The molecule has 1 aromatic heterocycles. The predicted octanol–water partition coefficient (Wildman–Crippen LogP) is 3.11. The number of nitrogens with one attached hydrogen (secondary N) is 1. The molecular formula is C21H22BrN3O5. The van der Waals surface area contributed by atoms with Gasteiger partial charge in [0, 0.05) is 25.2 Å². The van der Waals surface area contributed by atoms with Crippen LogP contribution in [0.2, 0.25) is 0 Å². The first-order valence-corrected chi connectivity index (χ1v) is 10.4. The highest BCUT2D eigenvalue weighted by atomic mass is 79.9. The number of nitriles is 1. The summed E-state index contributed by atoms with van der Waals surface area (Å²) in [5, 5.41) is 12.0. The fourth-order valence-electron chi connectivity index (χ4n) is 3.23. The lowest BCUT2D eigenvalue weighted by molar-refractivity contribution is -0.124. The molecule has 3 rings (SSSR count). The monoisotopic (exact) mass is 475 g/mol. The van der Waals surface area contributed by atoms with E-state index in [0.717, 1.165) is 0 Å². The molecular weight excluding hydrogens is 454 g/mol. The van der Waals surface area contributed by atoms with Crippen molar-refractivity contribution in [3.63, 3.8) is 0 Å². The topological polar surface area (TPSA) is 105 Å². The molecule has 1 saturated heterocycles. The highest BCUT2D eigenvalue weighted by molar-refractivity contribution is 9.10. The Hall–Kier alpha value is -2.99. The fourth-order valence-corrected chi connectivity index (χ4v) is 3.78. The van der Waals surface area contributed by atoms with Crippen LogP contribution in [0.15, 0.2) is 39.4 Å². The number of carbonyl (C=O) groups excluding carboxylic acids is 2. The Morgan fingerprint density at radius 1 is 1.33 bits per heavy atom. The van der Waals surface area contributed by atoms with Crippen molar-refractivity contribution in [3.05, 3.63) is 46.3 Å². The number of hydrogen-bond acceptors (Lipinski definition) is 6. The summed E-state index contributed by atoms with van der Waals surface area (Å²) < 4.78 is 16.9. The second-order valence-electron chi connectivity index (χ2n) is 6.73. The van der Waals surface area contributed by atoms with Gasteiger partial charge in [0.25, 0.3) is 11.8 Å². The Kier molecular flexibility index (Phi) is 7.36. The number of likely N-dealkylation sites (tertiary alicyclic amines) is 1. The van der Waals surface area contributed by atoms with Crippen molar-refractivity contribution in [2.24, 2.45) is 0 Å². The molecule has 0 saturated carbocycles. The first-order chi connectivity index (χ1) is 14.5. The Balaban J connectivity index is 1.50. The molecule has 0 atom stereocenters. The number of ether oxygens (including phenoxy) is 2. The van der Waals surface area contributed by atoms with Crippen LogP contribution in [0.4, 0.5) is 0 Å². The number of amides is 2. The van der Waals surface area contributed by atoms with Gasteiger partial charge in [-0.15, -0.1) is 0 Å². The van der Waals surface area contributed by atoms with E-state index in [0.29, 0.717) is 59.8 Å². The minimum absolute atomic E-state index is 0.0301. The number of piperidine rings is 1. The van der Waals surface area contributed by atoms with Gasteiger partial charge in [0.2, 0.25) is 0 Å². The van der Waals surface area contributed by atoms with E-state index in [-0.39, 0.29) is 24.5 Å². The van der Waals surface area contributed by atoms with Crippen LogP contribution in [0.1, 0.15) is 35.9 Å². The molecule has 0 spiro atoms. The minimum Gasteiger partial charge on any atom is -0.490 e. The van der Waals surface area contributed by atoms with Gasteiger partial charge in [0.1, 0.15) is 0 Å². The van der Waals surface area contributed by atoms with E-state index < -0.39 is 0 Å². The number of nitrogens with zero attached hydrogens (tertiary/aromatic N) is 2. The maximum Gasteiger partial charge on any atom is 0.289 e. The molecule has 2 amide bonds. The second kappa shape index (κ2) is 10.2. The second-order valence-corrected chi connectivity index (χ2v) is 7.58. The van der Waals surface area contributed by atoms with E-state index in [4.69, 9.17) is 19.2 Å². The molecule has 0 aliphatic carbocycles. The van der Waals surface area contributed by atoms with E-state index in [1.807, 2.05) is 6.92 Å². The summed E-state index contributed by atoms with van der Waals surface area (Å²) >= 11 is 3.36. The van der Waals surface area contributed by atoms with E-state index in [1.54, 1.807) is 29.2 Å². The van der Waals surface area contributed by atoms with Crippen LogP contribution in [0, 0.1) is 11.3 Å². The molecule has 9 heteroatoms. The van der Waals surface area contributed by atoms with Gasteiger partial charge in [-0.2, -0.15) is 5.26 Å². The SMILES string of the molecule is CCOc1cc(C#N)cc(Br)c1OCC(=O)NC1CCN(C(=O)c2ccco2)CC1. The van der Waals surface area contributed by atoms with Crippen LogP contribution >= 0.6 is 15.9 Å². The minimum atomic E-state index is -0.260. The van der Waals surface area contributed by atoms with Gasteiger partial charge in [0.05, 0.1) is 29.0 Å². The maximum atomic E-state index is 12.4. The molecule has 1 fully saturated rings. The quantitative estimate of drug-likeness (QED) is 0.659. The van der Waals surface area contributed by atoms with Crippen LogP contribution in [-0.4, -0.2) is 49.1 Å². The average Bonchev–Trinajstić information content (AvgIpc) is 3.28. The van der Waals surface area contributed by atoms with E-state index in [1.165, 1.54) is 6.26 Å². The van der Waals surface area contributed by atoms with Gasteiger partial charge in [0.15, 0.2) is 23.9 Å². The molecule has 1 aliphatic heterocycles. The zero-order valence-corrected chi connectivity index (χ0v) is 18.1. The summed E-state index contributed by atoms with van der Waals surface area (Å²) in [7, 11) is 0. The smallest absolute Gasteiger partial charge is 0.289 e. The van der Waals surface area contributed by atoms with Crippen LogP contribution in [0.25, 0.3) is 0 Å². The van der Waals surface area contributed by atoms with E-state index in [2.05, 4.69) is 27.3 Å². The molecule has 158 valence electrons. The van der Waals surface area contributed by atoms with Gasteiger partial charge < -0.3 is 24.1 Å². The van der Waals surface area contributed by atoms with Gasteiger partial charge in [-0.1, -0.05) is 0 Å². The summed E-state index contributed by atoms with van der Waals surface area (Å²) in [6, 6.07) is 8.54. The highest BCUT2D eigenvalue weighted by Crippen LogP contribution is 2.36. The van der Waals surface area contributed by atoms with Crippen LogP contribution in [0.3, 0.4) is 0 Å².